The van der Waals surface area contributed by atoms with E-state index in [9.17, 15) is 9.18 Å². The lowest BCUT2D eigenvalue weighted by atomic mass is 10.0. The minimum Gasteiger partial charge on any atom is -0.488 e. The predicted molar refractivity (Wildman–Crippen MR) is 101 cm³/mol. The molecule has 3 aromatic rings. The van der Waals surface area contributed by atoms with Gasteiger partial charge < -0.3 is 9.64 Å². The van der Waals surface area contributed by atoms with Crippen LogP contribution < -0.4 is 9.64 Å². The van der Waals surface area contributed by atoms with Crippen molar-refractivity contribution in [1.29, 1.82) is 0 Å². The molecule has 4 rings (SSSR count). The molecule has 0 saturated carbocycles. The number of amides is 1. The number of aryl methyl sites for hydroxylation is 1. The zero-order valence-corrected chi connectivity index (χ0v) is 15.3. The van der Waals surface area contributed by atoms with Crippen LogP contribution in [0.25, 0.3) is 11.3 Å². The Hall–Kier alpha value is -3.15. The van der Waals surface area contributed by atoms with Crippen LogP contribution in [0.4, 0.5) is 10.1 Å². The van der Waals surface area contributed by atoms with Gasteiger partial charge in [0.25, 0.3) is 5.91 Å². The number of carbonyl (C=O) groups is 1. The van der Waals surface area contributed by atoms with E-state index in [0.717, 1.165) is 29.0 Å². The standard InChI is InChI=1S/C21H20FN3O2/c1-3-12-25(15-10-8-14(22)9-11-15)21(26)19-17-13-27-18-7-5-4-6-16(18)20(17)24(2)23-19/h4-11H,3,12-13H2,1-2H3. The summed E-state index contributed by atoms with van der Waals surface area (Å²) in [4.78, 5) is 15.0. The molecule has 1 aromatic heterocycles. The van der Waals surface area contributed by atoms with E-state index in [-0.39, 0.29) is 11.7 Å². The fourth-order valence-electron chi connectivity index (χ4n) is 3.47. The number of nitrogens with zero attached hydrogens (tertiary/aromatic N) is 3. The van der Waals surface area contributed by atoms with Gasteiger partial charge in [0.05, 0.1) is 5.69 Å². The Labute approximate surface area is 157 Å². The molecule has 2 heterocycles. The highest BCUT2D eigenvalue weighted by atomic mass is 19.1. The maximum absolute atomic E-state index is 13.3. The average Bonchev–Trinajstić information content (AvgIpc) is 3.03. The number of fused-ring (bicyclic) bond motifs is 3. The molecule has 27 heavy (non-hydrogen) atoms. The first-order valence-corrected chi connectivity index (χ1v) is 8.95. The summed E-state index contributed by atoms with van der Waals surface area (Å²) in [6.45, 7) is 2.81. The Kier molecular flexibility index (Phi) is 4.39. The molecule has 0 bridgehead atoms. The summed E-state index contributed by atoms with van der Waals surface area (Å²) >= 11 is 0. The van der Waals surface area contributed by atoms with Crippen molar-refractivity contribution in [1.82, 2.24) is 9.78 Å². The monoisotopic (exact) mass is 365 g/mol. The summed E-state index contributed by atoms with van der Waals surface area (Å²) in [6, 6.07) is 13.7. The number of halogens is 1. The average molecular weight is 365 g/mol. The van der Waals surface area contributed by atoms with Crippen LogP contribution in [0, 0.1) is 5.82 Å². The molecule has 5 nitrogen and oxygen atoms in total. The quantitative estimate of drug-likeness (QED) is 0.697. The van der Waals surface area contributed by atoms with Gasteiger partial charge in [-0.05, 0) is 42.8 Å². The van der Waals surface area contributed by atoms with Crippen LogP contribution in [-0.4, -0.2) is 22.2 Å². The Bertz CT molecular complexity index is 995. The zero-order chi connectivity index (χ0) is 19.0. The van der Waals surface area contributed by atoms with E-state index < -0.39 is 0 Å². The summed E-state index contributed by atoms with van der Waals surface area (Å²) < 4.78 is 20.9. The van der Waals surface area contributed by atoms with E-state index in [0.29, 0.717) is 24.5 Å². The van der Waals surface area contributed by atoms with Crippen LogP contribution in [0.2, 0.25) is 0 Å². The lowest BCUT2D eigenvalue weighted by Gasteiger charge is -2.23. The maximum Gasteiger partial charge on any atom is 0.279 e. The second-order valence-electron chi connectivity index (χ2n) is 6.52. The molecule has 6 heteroatoms. The Morgan fingerprint density at radius 1 is 1.22 bits per heavy atom. The van der Waals surface area contributed by atoms with Crippen molar-refractivity contribution in [2.24, 2.45) is 7.05 Å². The number of hydrogen-bond donors (Lipinski definition) is 0. The molecule has 1 amide bonds. The predicted octanol–water partition coefficient (Wildman–Crippen LogP) is 4.18. The van der Waals surface area contributed by atoms with Crippen LogP contribution in [0.5, 0.6) is 5.75 Å². The van der Waals surface area contributed by atoms with Gasteiger partial charge in [-0.3, -0.25) is 9.48 Å². The first kappa shape index (κ1) is 17.3. The van der Waals surface area contributed by atoms with Crippen molar-refractivity contribution in [3.63, 3.8) is 0 Å². The third kappa shape index (κ3) is 2.97. The van der Waals surface area contributed by atoms with Gasteiger partial charge in [0, 0.05) is 30.4 Å². The van der Waals surface area contributed by atoms with Gasteiger partial charge >= 0.3 is 0 Å². The van der Waals surface area contributed by atoms with Gasteiger partial charge in [-0.1, -0.05) is 19.1 Å². The number of para-hydroxylation sites is 1. The number of carbonyl (C=O) groups excluding carboxylic acids is 1. The summed E-state index contributed by atoms with van der Waals surface area (Å²) in [5.41, 5.74) is 3.64. The van der Waals surface area contributed by atoms with Gasteiger partial charge in [-0.25, -0.2) is 4.39 Å². The molecule has 0 fully saturated rings. The number of ether oxygens (including phenoxy) is 1. The molecule has 0 radical (unpaired) electrons. The Balaban J connectivity index is 1.77. The minimum absolute atomic E-state index is 0.205. The van der Waals surface area contributed by atoms with E-state index in [2.05, 4.69) is 5.10 Å². The van der Waals surface area contributed by atoms with E-state index in [4.69, 9.17) is 4.74 Å². The summed E-state index contributed by atoms with van der Waals surface area (Å²) in [5.74, 6) is 0.252. The van der Waals surface area contributed by atoms with Crippen molar-refractivity contribution in [2.75, 3.05) is 11.4 Å². The van der Waals surface area contributed by atoms with Gasteiger partial charge in [-0.2, -0.15) is 5.10 Å². The fraction of sp³-hybridized carbons (Fsp3) is 0.238. The highest BCUT2D eigenvalue weighted by molar-refractivity contribution is 6.06. The second-order valence-corrected chi connectivity index (χ2v) is 6.52. The van der Waals surface area contributed by atoms with Crippen molar-refractivity contribution < 1.29 is 13.9 Å². The topological polar surface area (TPSA) is 47.4 Å². The van der Waals surface area contributed by atoms with E-state index in [1.807, 2.05) is 38.2 Å². The molecular weight excluding hydrogens is 345 g/mol. The third-order valence-corrected chi connectivity index (χ3v) is 4.69. The molecule has 1 aliphatic heterocycles. The summed E-state index contributed by atoms with van der Waals surface area (Å²) in [7, 11) is 1.83. The van der Waals surface area contributed by atoms with Crippen LogP contribution in [-0.2, 0) is 13.7 Å². The van der Waals surface area contributed by atoms with E-state index >= 15 is 0 Å². The van der Waals surface area contributed by atoms with Crippen molar-refractivity contribution in [3.05, 3.63) is 65.6 Å². The molecule has 2 aromatic carbocycles. The first-order valence-electron chi connectivity index (χ1n) is 8.95. The van der Waals surface area contributed by atoms with Gasteiger partial charge in [0.1, 0.15) is 18.2 Å². The number of aromatic nitrogens is 2. The summed E-state index contributed by atoms with van der Waals surface area (Å²) in [5, 5.41) is 4.51. The van der Waals surface area contributed by atoms with E-state index in [1.54, 1.807) is 21.7 Å². The molecular formula is C21H20FN3O2. The SMILES string of the molecule is CCCN(C(=O)c1nn(C)c2c1COc1ccccc1-2)c1ccc(F)cc1. The molecule has 0 aliphatic carbocycles. The van der Waals surface area contributed by atoms with Gasteiger partial charge in [0.2, 0.25) is 0 Å². The highest BCUT2D eigenvalue weighted by Gasteiger charge is 2.30. The van der Waals surface area contributed by atoms with Crippen LogP contribution in [0.15, 0.2) is 48.5 Å². The largest absolute Gasteiger partial charge is 0.488 e. The normalized spacial score (nSPS) is 12.1. The third-order valence-electron chi connectivity index (χ3n) is 4.69. The van der Waals surface area contributed by atoms with Gasteiger partial charge in [-0.15, -0.1) is 0 Å². The van der Waals surface area contributed by atoms with Crippen molar-refractivity contribution in [2.45, 2.75) is 20.0 Å². The first-order chi connectivity index (χ1) is 13.1. The lowest BCUT2D eigenvalue weighted by molar-refractivity contribution is 0.0979. The molecule has 0 unspecified atom stereocenters. The van der Waals surface area contributed by atoms with Crippen LogP contribution >= 0.6 is 0 Å². The van der Waals surface area contributed by atoms with E-state index in [1.165, 1.54) is 12.1 Å². The highest BCUT2D eigenvalue weighted by Crippen LogP contribution is 2.38. The summed E-state index contributed by atoms with van der Waals surface area (Å²) in [6.07, 6.45) is 0.775. The minimum atomic E-state index is -0.331. The molecule has 138 valence electrons. The zero-order valence-electron chi connectivity index (χ0n) is 15.3. The molecule has 1 aliphatic rings. The Morgan fingerprint density at radius 2 is 1.96 bits per heavy atom. The van der Waals surface area contributed by atoms with Crippen molar-refractivity contribution >= 4 is 11.6 Å². The lowest BCUT2D eigenvalue weighted by Crippen LogP contribution is -2.33. The second kappa shape index (κ2) is 6.87. The molecule has 0 spiro atoms. The number of benzene rings is 2. The smallest absolute Gasteiger partial charge is 0.279 e. The molecule has 0 atom stereocenters. The number of rotatable bonds is 4. The van der Waals surface area contributed by atoms with Crippen LogP contribution in [0.3, 0.4) is 0 Å². The Morgan fingerprint density at radius 3 is 2.70 bits per heavy atom. The maximum atomic E-state index is 13.3. The molecule has 0 N–H and O–H groups in total. The molecule has 0 saturated heterocycles. The van der Waals surface area contributed by atoms with Crippen LogP contribution in [0.1, 0.15) is 29.4 Å². The number of hydrogen-bond acceptors (Lipinski definition) is 3. The van der Waals surface area contributed by atoms with Crippen molar-refractivity contribution in [3.8, 4) is 17.0 Å². The van der Waals surface area contributed by atoms with Gasteiger partial charge in [0.15, 0.2) is 5.69 Å². The fourth-order valence-corrected chi connectivity index (χ4v) is 3.47. The number of anilines is 1.